The van der Waals surface area contributed by atoms with E-state index in [0.717, 1.165) is 12.1 Å². The van der Waals surface area contributed by atoms with E-state index in [1.807, 2.05) is 0 Å². The number of nitrogens with zero attached hydrogens (tertiary/aromatic N) is 4. The summed E-state index contributed by atoms with van der Waals surface area (Å²) in [6.45, 7) is 5.01. The summed E-state index contributed by atoms with van der Waals surface area (Å²) in [5, 5.41) is 6.95. The summed E-state index contributed by atoms with van der Waals surface area (Å²) in [7, 11) is 1.65. The van der Waals surface area contributed by atoms with Crippen LogP contribution in [0, 0.1) is 11.6 Å². The summed E-state index contributed by atoms with van der Waals surface area (Å²) < 4.78 is 34.5. The van der Waals surface area contributed by atoms with Gasteiger partial charge >= 0.3 is 6.09 Å². The molecule has 2 unspecified atom stereocenters. The third-order valence-corrected chi connectivity index (χ3v) is 6.74. The number of aromatic amines is 1. The normalized spacial score (nSPS) is 19.7. The van der Waals surface area contributed by atoms with Crippen LogP contribution in [0.25, 0.3) is 10.8 Å². The minimum absolute atomic E-state index is 0.0132. The van der Waals surface area contributed by atoms with Crippen molar-refractivity contribution in [3.05, 3.63) is 69.6 Å². The van der Waals surface area contributed by atoms with Gasteiger partial charge in [-0.2, -0.15) is 5.10 Å². The first-order valence-corrected chi connectivity index (χ1v) is 11.8. The molecule has 5 rings (SSSR count). The molecule has 1 saturated heterocycles. The number of amides is 2. The number of rotatable bonds is 2. The Labute approximate surface area is 215 Å². The maximum absolute atomic E-state index is 14.9. The molecule has 1 N–H and O–H groups in total. The van der Waals surface area contributed by atoms with Crippen LogP contribution in [0.15, 0.2) is 41.2 Å². The molecule has 2 atom stereocenters. The predicted octanol–water partition coefficient (Wildman–Crippen LogP) is 3.80. The third-order valence-electron chi connectivity index (χ3n) is 6.23. The maximum Gasteiger partial charge on any atom is 0.415 e. The van der Waals surface area contributed by atoms with Crippen LogP contribution in [0.4, 0.5) is 19.3 Å². The largest absolute Gasteiger partial charge is 0.443 e. The number of carbonyl (C=O) groups is 2. The van der Waals surface area contributed by atoms with Crippen molar-refractivity contribution >= 4 is 45.8 Å². The molecule has 3 heterocycles. The fraction of sp³-hybridized carbons (Fsp3) is 0.320. The molecule has 2 aliphatic rings. The van der Waals surface area contributed by atoms with Gasteiger partial charge in [-0.3, -0.25) is 19.4 Å². The van der Waals surface area contributed by atoms with E-state index in [1.54, 1.807) is 32.7 Å². The molecular formula is C25H23F2N5O4S. The van der Waals surface area contributed by atoms with E-state index >= 15 is 0 Å². The van der Waals surface area contributed by atoms with E-state index in [-0.39, 0.29) is 39.7 Å². The summed E-state index contributed by atoms with van der Waals surface area (Å²) in [6.07, 6.45) is -0.851. The standard InChI is InChI=1S/C25H23F2N5O4S/c1-25(2,3)36-24(35)31-16-10-14(27)9-15-18(16)19(28-29-22(15)34)21(32-17(33)11-30(4)23(32)37)20(31)12-5-7-13(26)8-6-12/h5-10,20-21H,11H2,1-4H3,(H,29,34). The Bertz CT molecular complexity index is 1520. The van der Waals surface area contributed by atoms with Crippen LogP contribution in [0.5, 0.6) is 0 Å². The number of nitrogens with one attached hydrogen (secondary N) is 1. The van der Waals surface area contributed by atoms with Gasteiger partial charge in [0.15, 0.2) is 5.11 Å². The molecule has 3 aromatic rings. The summed E-state index contributed by atoms with van der Waals surface area (Å²) >= 11 is 5.57. The Morgan fingerprint density at radius 1 is 1.11 bits per heavy atom. The molecule has 0 saturated carbocycles. The molecule has 2 amide bonds. The number of ether oxygens (including phenoxy) is 1. The Kier molecular flexibility index (Phi) is 5.74. The fourth-order valence-corrected chi connectivity index (χ4v) is 5.08. The van der Waals surface area contributed by atoms with Crippen LogP contribution in [0.2, 0.25) is 0 Å². The summed E-state index contributed by atoms with van der Waals surface area (Å²) in [6, 6.07) is 5.41. The van der Waals surface area contributed by atoms with Crippen molar-refractivity contribution in [3.63, 3.8) is 0 Å². The van der Waals surface area contributed by atoms with E-state index in [0.29, 0.717) is 5.56 Å². The van der Waals surface area contributed by atoms with Crippen molar-refractivity contribution in [2.24, 2.45) is 0 Å². The lowest BCUT2D eigenvalue weighted by Gasteiger charge is -2.44. The van der Waals surface area contributed by atoms with Crippen molar-refractivity contribution < 1.29 is 23.1 Å². The van der Waals surface area contributed by atoms with Gasteiger partial charge in [-0.15, -0.1) is 0 Å². The van der Waals surface area contributed by atoms with Gasteiger partial charge in [0.1, 0.15) is 23.3 Å². The molecular weight excluding hydrogens is 504 g/mol. The van der Waals surface area contributed by atoms with Gasteiger partial charge in [-0.05, 0) is 62.8 Å². The number of likely N-dealkylation sites (N-methyl/N-ethyl adjacent to an activating group) is 1. The summed E-state index contributed by atoms with van der Waals surface area (Å²) in [5.41, 5.74) is -0.939. The van der Waals surface area contributed by atoms with E-state index < -0.39 is 41.0 Å². The Balaban J connectivity index is 1.88. The van der Waals surface area contributed by atoms with Gasteiger partial charge in [0, 0.05) is 12.4 Å². The zero-order valence-corrected chi connectivity index (χ0v) is 21.2. The lowest BCUT2D eigenvalue weighted by molar-refractivity contribution is -0.127. The first kappa shape index (κ1) is 24.8. The second kappa shape index (κ2) is 8.58. The highest BCUT2D eigenvalue weighted by Crippen LogP contribution is 2.50. The van der Waals surface area contributed by atoms with Gasteiger partial charge in [0.25, 0.3) is 5.56 Å². The number of H-pyrrole nitrogens is 1. The highest BCUT2D eigenvalue weighted by atomic mass is 32.1. The molecule has 0 radical (unpaired) electrons. The van der Waals surface area contributed by atoms with Crippen LogP contribution < -0.4 is 10.5 Å². The molecule has 37 heavy (non-hydrogen) atoms. The summed E-state index contributed by atoms with van der Waals surface area (Å²) in [4.78, 5) is 43.8. The van der Waals surface area contributed by atoms with Crippen molar-refractivity contribution in [2.45, 2.75) is 38.5 Å². The smallest absolute Gasteiger partial charge is 0.415 e. The second-order valence-corrected chi connectivity index (χ2v) is 10.3. The van der Waals surface area contributed by atoms with E-state index in [9.17, 15) is 23.2 Å². The van der Waals surface area contributed by atoms with Crippen molar-refractivity contribution in [2.75, 3.05) is 18.5 Å². The molecule has 2 aliphatic heterocycles. The molecule has 1 aromatic heterocycles. The maximum atomic E-state index is 14.9. The highest BCUT2D eigenvalue weighted by molar-refractivity contribution is 7.80. The molecule has 0 spiro atoms. The van der Waals surface area contributed by atoms with E-state index in [4.69, 9.17) is 17.0 Å². The fourth-order valence-electron chi connectivity index (χ4n) is 4.80. The quantitative estimate of drug-likeness (QED) is 0.506. The van der Waals surface area contributed by atoms with Crippen LogP contribution in [0.3, 0.4) is 0 Å². The van der Waals surface area contributed by atoms with Gasteiger partial charge < -0.3 is 9.64 Å². The van der Waals surface area contributed by atoms with E-state index in [1.165, 1.54) is 34.1 Å². The van der Waals surface area contributed by atoms with Crippen molar-refractivity contribution in [3.8, 4) is 0 Å². The molecule has 1 fully saturated rings. The predicted molar refractivity (Wildman–Crippen MR) is 135 cm³/mol. The average molecular weight is 528 g/mol. The molecule has 192 valence electrons. The van der Waals surface area contributed by atoms with Crippen molar-refractivity contribution in [1.29, 1.82) is 0 Å². The number of halogens is 2. The molecule has 2 aromatic carbocycles. The zero-order chi connectivity index (χ0) is 26.8. The Hall–Kier alpha value is -3.93. The van der Waals surface area contributed by atoms with Gasteiger partial charge in [-0.25, -0.2) is 18.7 Å². The average Bonchev–Trinajstić information content (AvgIpc) is 3.05. The molecule has 0 aliphatic carbocycles. The van der Waals surface area contributed by atoms with Gasteiger partial charge in [-0.1, -0.05) is 12.1 Å². The Morgan fingerprint density at radius 2 is 1.78 bits per heavy atom. The SMILES string of the molecule is CN1CC(=O)N(C2c3n[nH]c(=O)c4cc(F)cc(c34)N(C(=O)OC(C)(C)C)C2c2ccc(F)cc2)C1=S. The zero-order valence-electron chi connectivity index (χ0n) is 20.4. The van der Waals surface area contributed by atoms with Gasteiger partial charge in [0.2, 0.25) is 5.91 Å². The Morgan fingerprint density at radius 3 is 2.38 bits per heavy atom. The van der Waals surface area contributed by atoms with Crippen LogP contribution >= 0.6 is 12.2 Å². The first-order chi connectivity index (χ1) is 17.4. The molecule has 9 nitrogen and oxygen atoms in total. The number of aromatic nitrogens is 2. The monoisotopic (exact) mass is 527 g/mol. The first-order valence-electron chi connectivity index (χ1n) is 11.4. The molecule has 0 bridgehead atoms. The van der Waals surface area contributed by atoms with Crippen LogP contribution in [-0.2, 0) is 9.53 Å². The van der Waals surface area contributed by atoms with E-state index in [2.05, 4.69) is 10.2 Å². The lowest BCUT2D eigenvalue weighted by atomic mass is 9.87. The van der Waals surface area contributed by atoms with Gasteiger partial charge in [0.05, 0.1) is 29.4 Å². The second-order valence-electron chi connectivity index (χ2n) is 9.98. The minimum Gasteiger partial charge on any atom is -0.443 e. The van der Waals surface area contributed by atoms with Crippen LogP contribution in [-0.4, -0.2) is 56.3 Å². The number of anilines is 1. The highest BCUT2D eigenvalue weighted by Gasteiger charge is 2.50. The summed E-state index contributed by atoms with van der Waals surface area (Å²) in [5.74, 6) is -1.63. The number of thiocarbonyl (C=S) groups is 1. The number of hydrogen-bond donors (Lipinski definition) is 1. The third kappa shape index (κ3) is 4.10. The lowest BCUT2D eigenvalue weighted by Crippen LogP contribution is -2.50. The van der Waals surface area contributed by atoms with Crippen LogP contribution in [0.1, 0.15) is 44.1 Å². The minimum atomic E-state index is -1.06. The number of benzene rings is 2. The number of hydrogen-bond acceptors (Lipinski definition) is 6. The molecule has 12 heteroatoms. The van der Waals surface area contributed by atoms with Crippen molar-refractivity contribution in [1.82, 2.24) is 20.0 Å². The number of carbonyl (C=O) groups excluding carboxylic acids is 2. The topological polar surface area (TPSA) is 98.8 Å².